The Kier molecular flexibility index (Phi) is 6.60. The van der Waals surface area contributed by atoms with Crippen LogP contribution in [0.1, 0.15) is 5.56 Å². The molecule has 0 fully saturated rings. The molecule has 2 aromatic carbocycles. The van der Waals surface area contributed by atoms with Gasteiger partial charge in [0.2, 0.25) is 0 Å². The van der Waals surface area contributed by atoms with Crippen LogP contribution in [-0.4, -0.2) is 28.3 Å². The van der Waals surface area contributed by atoms with Gasteiger partial charge in [0.05, 0.1) is 22.7 Å². The molecule has 0 amide bonds. The average Bonchev–Trinajstić information content (AvgIpc) is 2.61. The van der Waals surface area contributed by atoms with Crippen LogP contribution in [0.4, 0.5) is 0 Å². The third-order valence-electron chi connectivity index (χ3n) is 3.04. The highest BCUT2D eigenvalue weighted by atomic mass is 79.9. The van der Waals surface area contributed by atoms with Gasteiger partial charge in [-0.1, -0.05) is 30.9 Å². The highest BCUT2D eigenvalue weighted by molar-refractivity contribution is 9.10. The summed E-state index contributed by atoms with van der Waals surface area (Å²) in [6.07, 6.45) is 3.00. The Morgan fingerprint density at radius 1 is 1.28 bits per heavy atom. The molecule has 0 aliphatic carbocycles. The van der Waals surface area contributed by atoms with E-state index in [0.29, 0.717) is 28.1 Å². The summed E-state index contributed by atoms with van der Waals surface area (Å²) >= 11 is 3.40. The van der Waals surface area contributed by atoms with E-state index in [-0.39, 0.29) is 4.90 Å². The van der Waals surface area contributed by atoms with Crippen molar-refractivity contribution >= 4 is 32.2 Å². The van der Waals surface area contributed by atoms with Gasteiger partial charge in [-0.05, 0) is 45.8 Å². The maximum atomic E-state index is 12.1. The molecule has 2 rings (SSSR count). The molecule has 132 valence electrons. The second-order valence-electron chi connectivity index (χ2n) is 4.80. The standard InChI is InChI=1S/C17H17BrN2O4S/c1-3-9-24-17-15(18)10-13(11-16(17)23-2)12-19-20-25(21,22)14-7-5-4-6-8-14/h3-8,10-12,20H,1,9H2,2H3/b19-12+. The summed E-state index contributed by atoms with van der Waals surface area (Å²) in [7, 11) is -2.19. The van der Waals surface area contributed by atoms with Gasteiger partial charge >= 0.3 is 0 Å². The van der Waals surface area contributed by atoms with Crippen LogP contribution in [0, 0.1) is 0 Å². The molecule has 0 saturated carbocycles. The van der Waals surface area contributed by atoms with E-state index >= 15 is 0 Å². The topological polar surface area (TPSA) is 77.0 Å². The Labute approximate surface area is 155 Å². The highest BCUT2D eigenvalue weighted by Gasteiger charge is 2.12. The lowest BCUT2D eigenvalue weighted by molar-refractivity contribution is 0.324. The highest BCUT2D eigenvalue weighted by Crippen LogP contribution is 2.36. The zero-order valence-corrected chi connectivity index (χ0v) is 15.9. The number of hydrazone groups is 1. The molecule has 0 aromatic heterocycles. The van der Waals surface area contributed by atoms with E-state index < -0.39 is 10.0 Å². The fourth-order valence-electron chi connectivity index (χ4n) is 1.92. The molecule has 6 nitrogen and oxygen atoms in total. The van der Waals surface area contributed by atoms with E-state index in [0.717, 1.165) is 0 Å². The number of nitrogens with zero attached hydrogens (tertiary/aromatic N) is 1. The largest absolute Gasteiger partial charge is 0.493 e. The second-order valence-corrected chi connectivity index (χ2v) is 7.31. The normalized spacial score (nSPS) is 11.3. The second kappa shape index (κ2) is 8.68. The summed E-state index contributed by atoms with van der Waals surface area (Å²) in [6.45, 7) is 3.93. The number of halogens is 1. The van der Waals surface area contributed by atoms with Gasteiger partial charge in [0, 0.05) is 0 Å². The molecule has 25 heavy (non-hydrogen) atoms. The summed E-state index contributed by atoms with van der Waals surface area (Å²) in [5.74, 6) is 1.02. The van der Waals surface area contributed by atoms with Gasteiger partial charge in [0.15, 0.2) is 11.5 Å². The minimum Gasteiger partial charge on any atom is -0.493 e. The molecule has 0 atom stereocenters. The van der Waals surface area contributed by atoms with Gasteiger partial charge in [-0.15, -0.1) is 0 Å². The molecule has 1 N–H and O–H groups in total. The molecule has 0 aliphatic heterocycles. The van der Waals surface area contributed by atoms with Crippen LogP contribution in [0.15, 0.2) is 69.6 Å². The first-order chi connectivity index (χ1) is 12.0. The number of nitrogens with one attached hydrogen (secondary N) is 1. The van der Waals surface area contributed by atoms with Crippen molar-refractivity contribution in [2.45, 2.75) is 4.90 Å². The smallest absolute Gasteiger partial charge is 0.276 e. The predicted octanol–water partition coefficient (Wildman–Crippen LogP) is 3.33. The quantitative estimate of drug-likeness (QED) is 0.400. The lowest BCUT2D eigenvalue weighted by Crippen LogP contribution is -2.18. The molecular weight excluding hydrogens is 408 g/mol. The molecule has 0 aliphatic rings. The van der Waals surface area contributed by atoms with Crippen LogP contribution in [0.3, 0.4) is 0 Å². The lowest BCUT2D eigenvalue weighted by atomic mass is 10.2. The van der Waals surface area contributed by atoms with Crippen molar-refractivity contribution in [3.8, 4) is 11.5 Å². The van der Waals surface area contributed by atoms with Crippen LogP contribution in [0.25, 0.3) is 0 Å². The first-order valence-electron chi connectivity index (χ1n) is 7.19. The Bertz CT molecular complexity index is 868. The number of sulfonamides is 1. The van der Waals surface area contributed by atoms with Gasteiger partial charge in [0.25, 0.3) is 10.0 Å². The van der Waals surface area contributed by atoms with Crippen LogP contribution >= 0.6 is 15.9 Å². The third-order valence-corrected chi connectivity index (χ3v) is 4.86. The van der Waals surface area contributed by atoms with Gasteiger partial charge in [-0.2, -0.15) is 13.5 Å². The van der Waals surface area contributed by atoms with Gasteiger partial charge < -0.3 is 9.47 Å². The Balaban J connectivity index is 2.18. The molecule has 2 aromatic rings. The van der Waals surface area contributed by atoms with E-state index in [9.17, 15) is 8.42 Å². The number of hydrogen-bond acceptors (Lipinski definition) is 5. The zero-order valence-electron chi connectivity index (χ0n) is 13.5. The minimum atomic E-state index is -3.70. The van der Waals surface area contributed by atoms with Crippen molar-refractivity contribution < 1.29 is 17.9 Å². The lowest BCUT2D eigenvalue weighted by Gasteiger charge is -2.12. The van der Waals surface area contributed by atoms with E-state index in [1.165, 1.54) is 25.5 Å². The third kappa shape index (κ3) is 5.07. The molecular formula is C17H17BrN2O4S. The molecule has 0 unspecified atom stereocenters. The SMILES string of the molecule is C=CCOc1c(Br)cc(/C=N/NS(=O)(=O)c2ccccc2)cc1OC. The summed E-state index contributed by atoms with van der Waals surface area (Å²) < 4.78 is 35.7. The maximum Gasteiger partial charge on any atom is 0.276 e. The first-order valence-corrected chi connectivity index (χ1v) is 9.46. The number of hydrogen-bond donors (Lipinski definition) is 1. The van der Waals surface area contributed by atoms with Gasteiger partial charge in [-0.3, -0.25) is 0 Å². The fraction of sp³-hybridized carbons (Fsp3) is 0.118. The van der Waals surface area contributed by atoms with E-state index in [1.54, 1.807) is 36.4 Å². The van der Waals surface area contributed by atoms with Crippen molar-refractivity contribution in [1.29, 1.82) is 0 Å². The van der Waals surface area contributed by atoms with Crippen molar-refractivity contribution in [2.75, 3.05) is 13.7 Å². The van der Waals surface area contributed by atoms with Crippen LogP contribution in [0.5, 0.6) is 11.5 Å². The zero-order chi connectivity index (χ0) is 18.3. The van der Waals surface area contributed by atoms with Crippen molar-refractivity contribution in [2.24, 2.45) is 5.10 Å². The Morgan fingerprint density at radius 2 is 2.00 bits per heavy atom. The molecule has 0 heterocycles. The first kappa shape index (κ1) is 19.0. The molecule has 0 bridgehead atoms. The average molecular weight is 425 g/mol. The van der Waals surface area contributed by atoms with Crippen LogP contribution < -0.4 is 14.3 Å². The van der Waals surface area contributed by atoms with Crippen LogP contribution in [-0.2, 0) is 10.0 Å². The number of benzene rings is 2. The molecule has 0 saturated heterocycles. The van der Waals surface area contributed by atoms with E-state index in [1.807, 2.05) is 0 Å². The van der Waals surface area contributed by atoms with E-state index in [4.69, 9.17) is 9.47 Å². The van der Waals surface area contributed by atoms with Gasteiger partial charge in [0.1, 0.15) is 6.61 Å². The summed E-state index contributed by atoms with van der Waals surface area (Å²) in [5.41, 5.74) is 0.630. The van der Waals surface area contributed by atoms with Gasteiger partial charge in [-0.25, -0.2) is 4.83 Å². The Hall–Kier alpha value is -2.32. The fourth-order valence-corrected chi connectivity index (χ4v) is 3.31. The minimum absolute atomic E-state index is 0.138. The summed E-state index contributed by atoms with van der Waals surface area (Å²) in [4.78, 5) is 2.31. The predicted molar refractivity (Wildman–Crippen MR) is 101 cm³/mol. The Morgan fingerprint density at radius 3 is 2.64 bits per heavy atom. The molecule has 0 radical (unpaired) electrons. The maximum absolute atomic E-state index is 12.1. The number of rotatable bonds is 8. The van der Waals surface area contributed by atoms with Crippen molar-refractivity contribution in [3.05, 3.63) is 65.2 Å². The van der Waals surface area contributed by atoms with Crippen molar-refractivity contribution in [3.63, 3.8) is 0 Å². The monoisotopic (exact) mass is 424 g/mol. The summed E-state index contributed by atoms with van der Waals surface area (Å²) in [6, 6.07) is 11.4. The van der Waals surface area contributed by atoms with E-state index in [2.05, 4.69) is 32.4 Å². The van der Waals surface area contributed by atoms with Crippen molar-refractivity contribution in [1.82, 2.24) is 4.83 Å². The number of ether oxygens (including phenoxy) is 2. The molecule has 0 spiro atoms. The molecule has 8 heteroatoms. The summed E-state index contributed by atoms with van der Waals surface area (Å²) in [5, 5.41) is 3.80. The van der Waals surface area contributed by atoms with Crippen LogP contribution in [0.2, 0.25) is 0 Å². The number of methoxy groups -OCH3 is 1.